The van der Waals surface area contributed by atoms with Crippen molar-refractivity contribution in [2.24, 2.45) is 5.92 Å². The van der Waals surface area contributed by atoms with E-state index in [-0.39, 0.29) is 24.3 Å². The lowest BCUT2D eigenvalue weighted by molar-refractivity contribution is -0.142. The molecule has 2 amide bonds. The molecule has 1 unspecified atom stereocenters. The van der Waals surface area contributed by atoms with Crippen LogP contribution in [0.5, 0.6) is 5.75 Å². The Morgan fingerprint density at radius 2 is 1.74 bits per heavy atom. The van der Waals surface area contributed by atoms with Crippen LogP contribution in [0, 0.1) is 5.92 Å². The molecule has 1 atom stereocenters. The Kier molecular flexibility index (Phi) is 9.56. The van der Waals surface area contributed by atoms with Crippen molar-refractivity contribution in [2.75, 3.05) is 13.2 Å². The number of nitrogens with zero attached hydrogens (tertiary/aromatic N) is 1. The van der Waals surface area contributed by atoms with Crippen LogP contribution in [-0.4, -0.2) is 35.9 Å². The molecular weight excluding hydrogens is 456 g/mol. The van der Waals surface area contributed by atoms with Crippen LogP contribution in [0.15, 0.2) is 53.0 Å². The van der Waals surface area contributed by atoms with Gasteiger partial charge in [0.25, 0.3) is 5.91 Å². The van der Waals surface area contributed by atoms with E-state index in [1.54, 1.807) is 11.8 Å². The van der Waals surface area contributed by atoms with E-state index in [4.69, 9.17) is 4.74 Å². The summed E-state index contributed by atoms with van der Waals surface area (Å²) in [5.74, 6) is 0.918. The summed E-state index contributed by atoms with van der Waals surface area (Å²) < 4.78 is 6.83. The van der Waals surface area contributed by atoms with Crippen LogP contribution in [0.25, 0.3) is 0 Å². The Morgan fingerprint density at radius 3 is 2.39 bits per heavy atom. The number of carbonyl (C=O) groups is 2. The molecule has 5 nitrogen and oxygen atoms in total. The largest absolute Gasteiger partial charge is 0.483 e. The molecule has 6 heteroatoms. The highest BCUT2D eigenvalue weighted by Gasteiger charge is 2.27. The molecule has 31 heavy (non-hydrogen) atoms. The number of hydrogen-bond acceptors (Lipinski definition) is 3. The Labute approximate surface area is 194 Å². The van der Waals surface area contributed by atoms with Crippen LogP contribution < -0.4 is 10.1 Å². The van der Waals surface area contributed by atoms with Crippen molar-refractivity contribution in [2.45, 2.75) is 53.1 Å². The van der Waals surface area contributed by atoms with Crippen LogP contribution in [-0.2, 0) is 16.1 Å². The van der Waals surface area contributed by atoms with Gasteiger partial charge in [-0.2, -0.15) is 0 Å². The predicted molar refractivity (Wildman–Crippen MR) is 128 cm³/mol. The minimum Gasteiger partial charge on any atom is -0.483 e. The smallest absolute Gasteiger partial charge is 0.261 e. The minimum atomic E-state index is -0.617. The summed E-state index contributed by atoms with van der Waals surface area (Å²) in [5, 5.41) is 2.93. The van der Waals surface area contributed by atoms with Gasteiger partial charge in [-0.1, -0.05) is 74.0 Å². The summed E-state index contributed by atoms with van der Waals surface area (Å²) in [6.07, 6.45) is 0. The number of hydrogen-bond donors (Lipinski definition) is 1. The Bertz CT molecular complexity index is 883. The second-order valence-corrected chi connectivity index (χ2v) is 9.36. The standard InChI is InChI=1S/C25H33BrN2O3/c1-17(2)14-27-25(30)19(5)28(15-20-9-8-10-21(26)13-20)24(29)16-31-23-12-7-6-11-22(23)18(3)4/h6-13,17-19H,14-16H2,1-5H3,(H,27,30). The third-order valence-corrected chi connectivity index (χ3v) is 5.48. The fraction of sp³-hybridized carbons (Fsp3) is 0.440. The lowest BCUT2D eigenvalue weighted by atomic mass is 10.0. The van der Waals surface area contributed by atoms with E-state index < -0.39 is 6.04 Å². The maximum atomic E-state index is 13.2. The summed E-state index contributed by atoms with van der Waals surface area (Å²) in [6, 6.07) is 14.9. The molecule has 0 heterocycles. The van der Waals surface area contributed by atoms with Gasteiger partial charge in [0.05, 0.1) is 0 Å². The molecule has 0 aliphatic rings. The molecule has 0 spiro atoms. The molecule has 0 saturated heterocycles. The monoisotopic (exact) mass is 488 g/mol. The molecule has 0 fully saturated rings. The zero-order chi connectivity index (χ0) is 23.0. The summed E-state index contributed by atoms with van der Waals surface area (Å²) in [6.45, 7) is 10.8. The van der Waals surface area contributed by atoms with Gasteiger partial charge in [-0.05, 0) is 48.1 Å². The van der Waals surface area contributed by atoms with Crippen LogP contribution in [0.3, 0.4) is 0 Å². The van der Waals surface area contributed by atoms with Gasteiger partial charge in [0, 0.05) is 17.6 Å². The predicted octanol–water partition coefficient (Wildman–Crippen LogP) is 5.14. The lowest BCUT2D eigenvalue weighted by Gasteiger charge is -2.29. The second-order valence-electron chi connectivity index (χ2n) is 8.45. The third-order valence-electron chi connectivity index (χ3n) is 4.99. The molecule has 0 aromatic heterocycles. The molecule has 1 N–H and O–H groups in total. The van der Waals surface area contributed by atoms with E-state index in [0.717, 1.165) is 15.6 Å². The summed E-state index contributed by atoms with van der Waals surface area (Å²) in [4.78, 5) is 27.5. The first-order valence-corrected chi connectivity index (χ1v) is 11.5. The number of amides is 2. The van der Waals surface area contributed by atoms with Crippen molar-refractivity contribution >= 4 is 27.7 Å². The van der Waals surface area contributed by atoms with E-state index in [1.807, 2.05) is 62.4 Å². The van der Waals surface area contributed by atoms with Crippen LogP contribution in [0.4, 0.5) is 0 Å². The van der Waals surface area contributed by atoms with E-state index in [0.29, 0.717) is 24.8 Å². The molecule has 2 aromatic carbocycles. The van der Waals surface area contributed by atoms with Gasteiger partial charge < -0.3 is 15.0 Å². The summed E-state index contributed by atoms with van der Waals surface area (Å²) in [7, 11) is 0. The fourth-order valence-corrected chi connectivity index (χ4v) is 3.63. The molecule has 0 saturated carbocycles. The summed E-state index contributed by atoms with van der Waals surface area (Å²) in [5.41, 5.74) is 1.99. The Balaban J connectivity index is 2.18. The van der Waals surface area contributed by atoms with Gasteiger partial charge in [-0.15, -0.1) is 0 Å². The number of para-hydroxylation sites is 1. The van der Waals surface area contributed by atoms with Crippen LogP contribution in [0.2, 0.25) is 0 Å². The van der Waals surface area contributed by atoms with Crippen molar-refractivity contribution in [1.82, 2.24) is 10.2 Å². The third kappa shape index (κ3) is 7.69. The number of nitrogens with one attached hydrogen (secondary N) is 1. The number of ether oxygens (including phenoxy) is 1. The Hall–Kier alpha value is -2.34. The normalized spacial score (nSPS) is 12.0. The van der Waals surface area contributed by atoms with E-state index in [1.165, 1.54) is 0 Å². The van der Waals surface area contributed by atoms with Crippen molar-refractivity contribution in [3.63, 3.8) is 0 Å². The zero-order valence-electron chi connectivity index (χ0n) is 19.0. The lowest BCUT2D eigenvalue weighted by Crippen LogP contribution is -2.49. The van der Waals surface area contributed by atoms with Gasteiger partial charge >= 0.3 is 0 Å². The highest BCUT2D eigenvalue weighted by Crippen LogP contribution is 2.26. The maximum absolute atomic E-state index is 13.2. The van der Waals surface area contributed by atoms with Gasteiger partial charge in [0.2, 0.25) is 5.91 Å². The van der Waals surface area contributed by atoms with Gasteiger partial charge in [0.1, 0.15) is 11.8 Å². The minimum absolute atomic E-state index is 0.125. The molecule has 0 aliphatic heterocycles. The number of rotatable bonds is 10. The molecule has 0 aliphatic carbocycles. The SMILES string of the molecule is CC(C)CNC(=O)C(C)N(Cc1cccc(Br)c1)C(=O)COc1ccccc1C(C)C. The molecule has 2 aromatic rings. The van der Waals surface area contributed by atoms with Gasteiger partial charge in [-0.3, -0.25) is 9.59 Å². The first-order chi connectivity index (χ1) is 14.7. The number of benzene rings is 2. The quantitative estimate of drug-likeness (QED) is 0.503. The summed E-state index contributed by atoms with van der Waals surface area (Å²) >= 11 is 3.47. The van der Waals surface area contributed by atoms with E-state index in [2.05, 4.69) is 35.1 Å². The molecule has 168 valence electrons. The molecular formula is C25H33BrN2O3. The average Bonchev–Trinajstić information content (AvgIpc) is 2.73. The van der Waals surface area contributed by atoms with E-state index >= 15 is 0 Å². The average molecular weight is 489 g/mol. The number of carbonyl (C=O) groups excluding carboxylic acids is 2. The molecule has 2 rings (SSSR count). The van der Waals surface area contributed by atoms with Crippen molar-refractivity contribution in [1.29, 1.82) is 0 Å². The first kappa shape index (κ1) is 24.9. The van der Waals surface area contributed by atoms with Crippen LogP contribution in [0.1, 0.15) is 51.7 Å². The number of halogens is 1. The van der Waals surface area contributed by atoms with Gasteiger partial charge in [-0.25, -0.2) is 0 Å². The maximum Gasteiger partial charge on any atom is 0.261 e. The fourth-order valence-electron chi connectivity index (χ4n) is 3.18. The van der Waals surface area contributed by atoms with Crippen molar-refractivity contribution in [3.05, 3.63) is 64.1 Å². The van der Waals surface area contributed by atoms with Gasteiger partial charge in [0.15, 0.2) is 6.61 Å². The van der Waals surface area contributed by atoms with Crippen molar-refractivity contribution < 1.29 is 14.3 Å². The molecule has 0 bridgehead atoms. The van der Waals surface area contributed by atoms with Crippen LogP contribution >= 0.6 is 15.9 Å². The molecule has 0 radical (unpaired) electrons. The second kappa shape index (κ2) is 11.9. The van der Waals surface area contributed by atoms with Crippen molar-refractivity contribution in [3.8, 4) is 5.75 Å². The highest BCUT2D eigenvalue weighted by atomic mass is 79.9. The van der Waals surface area contributed by atoms with E-state index in [9.17, 15) is 9.59 Å². The Morgan fingerprint density at radius 1 is 1.03 bits per heavy atom. The topological polar surface area (TPSA) is 58.6 Å². The first-order valence-electron chi connectivity index (χ1n) is 10.7. The highest BCUT2D eigenvalue weighted by molar-refractivity contribution is 9.10. The zero-order valence-corrected chi connectivity index (χ0v) is 20.6.